The molecule has 1 aromatic heterocycles. The number of nitrogens with two attached hydrogens (primary N) is 1. The quantitative estimate of drug-likeness (QED) is 0.352. The van der Waals surface area contributed by atoms with Crippen LogP contribution in [0.3, 0.4) is 0 Å². The Kier molecular flexibility index (Phi) is 7.34. The van der Waals surface area contributed by atoms with Crippen molar-refractivity contribution >= 4 is 34.0 Å². The summed E-state index contributed by atoms with van der Waals surface area (Å²) < 4.78 is 5.24. The fourth-order valence-corrected chi connectivity index (χ4v) is 4.39. The van der Waals surface area contributed by atoms with Crippen LogP contribution in [-0.2, 0) is 27.2 Å². The van der Waals surface area contributed by atoms with Crippen LogP contribution in [0.4, 0.5) is 10.8 Å². The SMILES string of the molecule is Cc1ccc(-c2nc(N)sc2CC(=O)OCC(=O)Nc2ccccc2Cc2ccccc2)cc1. The normalized spacial score (nSPS) is 10.6. The lowest BCUT2D eigenvalue weighted by atomic mass is 10.0. The Morgan fingerprint density at radius 2 is 1.68 bits per heavy atom. The van der Waals surface area contributed by atoms with Gasteiger partial charge in [0.1, 0.15) is 0 Å². The maximum Gasteiger partial charge on any atom is 0.311 e. The fraction of sp³-hybridized carbons (Fsp3) is 0.148. The average Bonchev–Trinajstić information content (AvgIpc) is 3.20. The van der Waals surface area contributed by atoms with E-state index < -0.39 is 11.9 Å². The number of nitrogens with zero attached hydrogens (tertiary/aromatic N) is 1. The van der Waals surface area contributed by atoms with Crippen molar-refractivity contribution in [3.05, 3.63) is 100 Å². The molecule has 7 heteroatoms. The zero-order valence-electron chi connectivity index (χ0n) is 18.8. The van der Waals surface area contributed by atoms with Crippen LogP contribution in [0.1, 0.15) is 21.6 Å². The Bertz CT molecular complexity index is 1280. The Morgan fingerprint density at radius 1 is 0.971 bits per heavy atom. The van der Waals surface area contributed by atoms with E-state index in [1.807, 2.05) is 85.8 Å². The summed E-state index contributed by atoms with van der Waals surface area (Å²) in [6.07, 6.45) is 0.682. The first-order valence-corrected chi connectivity index (χ1v) is 11.7. The summed E-state index contributed by atoms with van der Waals surface area (Å²) in [5.74, 6) is -0.902. The van der Waals surface area contributed by atoms with Gasteiger partial charge in [0.05, 0.1) is 12.1 Å². The van der Waals surface area contributed by atoms with Crippen LogP contribution in [-0.4, -0.2) is 23.5 Å². The van der Waals surface area contributed by atoms with Crippen LogP contribution >= 0.6 is 11.3 Å². The van der Waals surface area contributed by atoms with Crippen molar-refractivity contribution in [3.8, 4) is 11.3 Å². The van der Waals surface area contributed by atoms with Crippen molar-refractivity contribution in [2.75, 3.05) is 17.7 Å². The van der Waals surface area contributed by atoms with Crippen molar-refractivity contribution in [3.63, 3.8) is 0 Å². The van der Waals surface area contributed by atoms with Crippen LogP contribution in [0.5, 0.6) is 0 Å². The number of nitrogen functional groups attached to an aromatic ring is 1. The Labute approximate surface area is 202 Å². The number of carbonyl (C=O) groups excluding carboxylic acids is 2. The number of rotatable bonds is 8. The van der Waals surface area contributed by atoms with E-state index in [1.165, 1.54) is 11.3 Å². The highest BCUT2D eigenvalue weighted by Crippen LogP contribution is 2.30. The predicted molar refractivity (Wildman–Crippen MR) is 136 cm³/mol. The minimum absolute atomic E-state index is 0.00402. The van der Waals surface area contributed by atoms with Crippen molar-refractivity contribution in [1.29, 1.82) is 0 Å². The second-order valence-corrected chi connectivity index (χ2v) is 9.01. The number of hydrogen-bond acceptors (Lipinski definition) is 6. The molecule has 34 heavy (non-hydrogen) atoms. The zero-order valence-corrected chi connectivity index (χ0v) is 19.6. The molecule has 0 fully saturated rings. The largest absolute Gasteiger partial charge is 0.455 e. The first kappa shape index (κ1) is 23.2. The zero-order chi connectivity index (χ0) is 23.9. The number of nitrogens with one attached hydrogen (secondary N) is 1. The van der Waals surface area contributed by atoms with Gasteiger partial charge < -0.3 is 15.8 Å². The highest BCUT2D eigenvalue weighted by molar-refractivity contribution is 7.15. The minimum atomic E-state index is -0.510. The third-order valence-corrected chi connectivity index (χ3v) is 6.12. The number of ether oxygens (including phenoxy) is 1. The molecule has 0 aliphatic carbocycles. The summed E-state index contributed by atoms with van der Waals surface area (Å²) >= 11 is 1.25. The number of anilines is 2. The smallest absolute Gasteiger partial charge is 0.311 e. The number of thiazole rings is 1. The molecule has 3 aromatic carbocycles. The minimum Gasteiger partial charge on any atom is -0.455 e. The van der Waals surface area contributed by atoms with Gasteiger partial charge in [0.15, 0.2) is 11.7 Å². The van der Waals surface area contributed by atoms with Gasteiger partial charge in [-0.15, -0.1) is 11.3 Å². The molecule has 0 saturated carbocycles. The molecule has 0 unspecified atom stereocenters. The number of esters is 1. The summed E-state index contributed by atoms with van der Waals surface area (Å²) in [6.45, 7) is 1.63. The summed E-state index contributed by atoms with van der Waals surface area (Å²) in [6, 6.07) is 25.5. The first-order valence-electron chi connectivity index (χ1n) is 10.9. The topological polar surface area (TPSA) is 94.3 Å². The van der Waals surface area contributed by atoms with Gasteiger partial charge in [-0.05, 0) is 30.5 Å². The van der Waals surface area contributed by atoms with Crippen molar-refractivity contribution in [1.82, 2.24) is 4.98 Å². The molecule has 1 amide bonds. The maximum atomic E-state index is 12.5. The van der Waals surface area contributed by atoms with Gasteiger partial charge in [0.25, 0.3) is 5.91 Å². The van der Waals surface area contributed by atoms with Crippen molar-refractivity contribution in [2.45, 2.75) is 19.8 Å². The third kappa shape index (κ3) is 6.08. The van der Waals surface area contributed by atoms with Crippen molar-refractivity contribution < 1.29 is 14.3 Å². The van der Waals surface area contributed by atoms with E-state index in [9.17, 15) is 9.59 Å². The summed E-state index contributed by atoms with van der Waals surface area (Å²) in [5.41, 5.74) is 11.4. The third-order valence-electron chi connectivity index (χ3n) is 5.24. The van der Waals surface area contributed by atoms with E-state index in [0.717, 1.165) is 22.3 Å². The molecular formula is C27H25N3O3S. The number of hydrogen-bond donors (Lipinski definition) is 2. The van der Waals surface area contributed by atoms with Crippen molar-refractivity contribution in [2.24, 2.45) is 0 Å². The highest BCUT2D eigenvalue weighted by Gasteiger charge is 2.17. The highest BCUT2D eigenvalue weighted by atomic mass is 32.1. The second-order valence-electron chi connectivity index (χ2n) is 7.90. The van der Waals surface area contributed by atoms with Gasteiger partial charge in [-0.25, -0.2) is 4.98 Å². The molecule has 0 radical (unpaired) electrons. The van der Waals surface area contributed by atoms with E-state index in [2.05, 4.69) is 10.3 Å². The molecule has 6 nitrogen and oxygen atoms in total. The van der Waals surface area contributed by atoms with Gasteiger partial charge in [-0.3, -0.25) is 9.59 Å². The Morgan fingerprint density at radius 3 is 2.44 bits per heavy atom. The van der Waals surface area contributed by atoms with Crippen LogP contribution in [0.25, 0.3) is 11.3 Å². The lowest BCUT2D eigenvalue weighted by Crippen LogP contribution is -2.22. The van der Waals surface area contributed by atoms with E-state index in [1.54, 1.807) is 0 Å². The molecule has 1 heterocycles. The average molecular weight is 472 g/mol. The molecule has 0 bridgehead atoms. The predicted octanol–water partition coefficient (Wildman–Crippen LogP) is 5.02. The van der Waals surface area contributed by atoms with Gasteiger partial charge in [0, 0.05) is 16.1 Å². The molecule has 0 aliphatic heterocycles. The summed E-state index contributed by atoms with van der Waals surface area (Å²) in [5, 5.41) is 3.23. The number of aryl methyl sites for hydroxylation is 1. The van der Waals surface area contributed by atoms with Crippen LogP contribution < -0.4 is 11.1 Å². The first-order chi connectivity index (χ1) is 16.5. The molecule has 4 rings (SSSR count). The van der Waals surface area contributed by atoms with Gasteiger partial charge >= 0.3 is 5.97 Å². The summed E-state index contributed by atoms with van der Waals surface area (Å²) in [4.78, 5) is 30.0. The molecule has 0 saturated heterocycles. The number of benzene rings is 3. The molecule has 0 atom stereocenters. The van der Waals surface area contributed by atoms with E-state index in [4.69, 9.17) is 10.5 Å². The number of carbonyl (C=O) groups is 2. The van der Waals surface area contributed by atoms with Crippen LogP contribution in [0, 0.1) is 6.92 Å². The Balaban J connectivity index is 1.35. The molecule has 0 spiro atoms. The standard InChI is InChI=1S/C27H25N3O3S/c1-18-11-13-20(14-12-18)26-23(34-27(28)30-26)16-25(32)33-17-24(31)29-22-10-6-5-9-21(22)15-19-7-3-2-4-8-19/h2-14H,15-17H2,1H3,(H2,28,30)(H,29,31). The fourth-order valence-electron chi connectivity index (χ4n) is 3.55. The van der Waals surface area contributed by atoms with Gasteiger partial charge in [0.2, 0.25) is 0 Å². The molecular weight excluding hydrogens is 446 g/mol. The molecule has 4 aromatic rings. The van der Waals surface area contributed by atoms with E-state index >= 15 is 0 Å². The van der Waals surface area contributed by atoms with Crippen LogP contribution in [0.2, 0.25) is 0 Å². The van der Waals surface area contributed by atoms with Gasteiger partial charge in [-0.2, -0.15) is 0 Å². The lowest BCUT2D eigenvalue weighted by Gasteiger charge is -2.11. The molecule has 172 valence electrons. The van der Waals surface area contributed by atoms with Gasteiger partial charge in [-0.1, -0.05) is 78.4 Å². The number of amides is 1. The number of aromatic nitrogens is 1. The van der Waals surface area contributed by atoms with Crippen LogP contribution in [0.15, 0.2) is 78.9 Å². The lowest BCUT2D eigenvalue weighted by molar-refractivity contribution is -0.146. The Hall–Kier alpha value is -3.97. The second kappa shape index (κ2) is 10.8. The number of para-hydroxylation sites is 1. The molecule has 0 aliphatic rings. The monoisotopic (exact) mass is 471 g/mol. The van der Waals surface area contributed by atoms with E-state index in [0.29, 0.717) is 27.8 Å². The summed E-state index contributed by atoms with van der Waals surface area (Å²) in [7, 11) is 0. The van der Waals surface area contributed by atoms with E-state index in [-0.39, 0.29) is 13.0 Å². The molecule has 3 N–H and O–H groups in total. The maximum absolute atomic E-state index is 12.5.